The number of hydrogen-bond donors (Lipinski definition) is 1. The van der Waals surface area contributed by atoms with E-state index in [-0.39, 0.29) is 17.5 Å². The number of benzene rings is 1. The van der Waals surface area contributed by atoms with Crippen LogP contribution in [-0.4, -0.2) is 27.6 Å². The summed E-state index contributed by atoms with van der Waals surface area (Å²) in [5.74, 6) is 0.157. The first kappa shape index (κ1) is 13.2. The van der Waals surface area contributed by atoms with Crippen molar-refractivity contribution in [2.75, 3.05) is 11.4 Å². The summed E-state index contributed by atoms with van der Waals surface area (Å²) in [6.45, 7) is 4.22. The second-order valence-electron chi connectivity index (χ2n) is 3.99. The van der Waals surface area contributed by atoms with E-state index in [1.54, 1.807) is 12.1 Å². The van der Waals surface area contributed by atoms with E-state index in [9.17, 15) is 9.18 Å². The third-order valence-electron chi connectivity index (χ3n) is 2.76. The fourth-order valence-corrected chi connectivity index (χ4v) is 1.73. The van der Waals surface area contributed by atoms with Crippen molar-refractivity contribution in [3.8, 4) is 0 Å². The molecule has 0 aliphatic heterocycles. The van der Waals surface area contributed by atoms with Crippen LogP contribution in [0.4, 0.5) is 10.1 Å². The number of aryl methyl sites for hydroxylation is 1. The molecule has 2 aromatic rings. The van der Waals surface area contributed by atoms with Gasteiger partial charge < -0.3 is 4.90 Å². The molecule has 1 heterocycles. The molecule has 0 unspecified atom stereocenters. The zero-order chi connectivity index (χ0) is 13.8. The van der Waals surface area contributed by atoms with Gasteiger partial charge in [0.15, 0.2) is 0 Å². The molecule has 1 aromatic heterocycles. The summed E-state index contributed by atoms with van der Waals surface area (Å²) < 4.78 is 12.9. The van der Waals surface area contributed by atoms with Crippen molar-refractivity contribution >= 4 is 11.6 Å². The molecule has 1 aromatic carbocycles. The molecule has 0 saturated heterocycles. The summed E-state index contributed by atoms with van der Waals surface area (Å²) in [6.07, 6.45) is 0.683. The molecule has 6 heteroatoms. The van der Waals surface area contributed by atoms with Gasteiger partial charge in [-0.25, -0.2) is 9.37 Å². The highest BCUT2D eigenvalue weighted by molar-refractivity contribution is 6.03. The average Bonchev–Trinajstić information content (AvgIpc) is 2.90. The molecule has 0 radical (unpaired) electrons. The lowest BCUT2D eigenvalue weighted by atomic mass is 10.2. The third-order valence-corrected chi connectivity index (χ3v) is 2.76. The quantitative estimate of drug-likeness (QED) is 0.918. The van der Waals surface area contributed by atoms with E-state index in [0.717, 1.165) is 0 Å². The number of carbonyl (C=O) groups excluding carboxylic acids is 1. The zero-order valence-electron chi connectivity index (χ0n) is 10.9. The van der Waals surface area contributed by atoms with Gasteiger partial charge in [-0.15, -0.1) is 5.10 Å². The van der Waals surface area contributed by atoms with Crippen LogP contribution in [0.2, 0.25) is 0 Å². The second-order valence-corrected chi connectivity index (χ2v) is 3.99. The maximum absolute atomic E-state index is 12.9. The number of halogens is 1. The van der Waals surface area contributed by atoms with Crippen LogP contribution < -0.4 is 4.90 Å². The molecule has 0 fully saturated rings. The monoisotopic (exact) mass is 262 g/mol. The van der Waals surface area contributed by atoms with E-state index in [4.69, 9.17) is 0 Å². The maximum Gasteiger partial charge on any atom is 0.297 e. The predicted octanol–water partition coefficient (Wildman–Crippen LogP) is 2.17. The molecule has 0 bridgehead atoms. The summed E-state index contributed by atoms with van der Waals surface area (Å²) in [4.78, 5) is 17.9. The van der Waals surface area contributed by atoms with Gasteiger partial charge in [-0.05, 0) is 31.2 Å². The Morgan fingerprint density at radius 3 is 2.53 bits per heavy atom. The van der Waals surface area contributed by atoms with Gasteiger partial charge in [0, 0.05) is 18.7 Å². The molecule has 100 valence electrons. The van der Waals surface area contributed by atoms with Crippen LogP contribution >= 0.6 is 0 Å². The minimum atomic E-state index is -0.335. The maximum atomic E-state index is 12.9. The fourth-order valence-electron chi connectivity index (χ4n) is 1.73. The number of amides is 1. The number of aromatic amines is 1. The van der Waals surface area contributed by atoms with Gasteiger partial charge in [0.1, 0.15) is 11.6 Å². The van der Waals surface area contributed by atoms with Crippen LogP contribution in [0, 0.1) is 5.82 Å². The van der Waals surface area contributed by atoms with Crippen LogP contribution in [0.3, 0.4) is 0 Å². The molecule has 1 N–H and O–H groups in total. The highest BCUT2D eigenvalue weighted by atomic mass is 19.1. The summed E-state index contributed by atoms with van der Waals surface area (Å²) in [5, 5.41) is 6.60. The lowest BCUT2D eigenvalue weighted by Gasteiger charge is -2.19. The van der Waals surface area contributed by atoms with E-state index in [1.165, 1.54) is 17.0 Å². The molecule has 0 spiro atoms. The van der Waals surface area contributed by atoms with E-state index < -0.39 is 0 Å². The van der Waals surface area contributed by atoms with Crippen molar-refractivity contribution in [2.45, 2.75) is 20.3 Å². The van der Waals surface area contributed by atoms with Crippen LogP contribution in [0.15, 0.2) is 24.3 Å². The smallest absolute Gasteiger partial charge is 0.297 e. The van der Waals surface area contributed by atoms with Crippen molar-refractivity contribution in [3.63, 3.8) is 0 Å². The molecule has 19 heavy (non-hydrogen) atoms. The molecular formula is C13H15FN4O. The molecule has 5 nitrogen and oxygen atoms in total. The summed E-state index contributed by atoms with van der Waals surface area (Å²) in [5.41, 5.74) is 0.622. The lowest BCUT2D eigenvalue weighted by Crippen LogP contribution is -2.31. The highest BCUT2D eigenvalue weighted by Gasteiger charge is 2.20. The first-order valence-corrected chi connectivity index (χ1v) is 6.14. The normalized spacial score (nSPS) is 10.5. The molecule has 2 rings (SSSR count). The van der Waals surface area contributed by atoms with Gasteiger partial charge in [0.2, 0.25) is 5.82 Å². The number of aromatic nitrogens is 3. The Labute approximate surface area is 110 Å². The highest BCUT2D eigenvalue weighted by Crippen LogP contribution is 2.16. The molecular weight excluding hydrogens is 247 g/mol. The largest absolute Gasteiger partial charge is 0.306 e. The lowest BCUT2D eigenvalue weighted by molar-refractivity contribution is 0.0978. The number of anilines is 1. The van der Waals surface area contributed by atoms with E-state index >= 15 is 0 Å². The van der Waals surface area contributed by atoms with Gasteiger partial charge in [-0.3, -0.25) is 9.89 Å². The Balaban J connectivity index is 2.26. The van der Waals surface area contributed by atoms with Gasteiger partial charge in [0.05, 0.1) is 0 Å². The minimum Gasteiger partial charge on any atom is -0.306 e. The standard InChI is InChI=1S/C13H15FN4O/c1-3-11-15-12(17-16-11)13(19)18(4-2)10-7-5-9(14)6-8-10/h5-8H,3-4H2,1-2H3,(H,15,16,17). The topological polar surface area (TPSA) is 61.9 Å². The van der Waals surface area contributed by atoms with Crippen LogP contribution in [0.1, 0.15) is 30.3 Å². The van der Waals surface area contributed by atoms with Crippen LogP contribution in [0.25, 0.3) is 0 Å². The Kier molecular flexibility index (Phi) is 3.89. The molecule has 0 atom stereocenters. The first-order valence-electron chi connectivity index (χ1n) is 6.14. The summed E-state index contributed by atoms with van der Waals surface area (Å²) in [6, 6.07) is 5.76. The van der Waals surface area contributed by atoms with Crippen molar-refractivity contribution < 1.29 is 9.18 Å². The minimum absolute atomic E-state index is 0.128. The Bertz CT molecular complexity index is 564. The Morgan fingerprint density at radius 2 is 2.00 bits per heavy atom. The SMILES string of the molecule is CCc1nc(C(=O)N(CC)c2ccc(F)cc2)n[nH]1. The second kappa shape index (κ2) is 5.60. The van der Waals surface area contributed by atoms with E-state index in [2.05, 4.69) is 15.2 Å². The van der Waals surface area contributed by atoms with Crippen molar-refractivity contribution in [1.82, 2.24) is 15.2 Å². The van der Waals surface area contributed by atoms with Crippen LogP contribution in [-0.2, 0) is 6.42 Å². The number of rotatable bonds is 4. The van der Waals surface area contributed by atoms with Crippen molar-refractivity contribution in [2.24, 2.45) is 0 Å². The van der Waals surface area contributed by atoms with Crippen molar-refractivity contribution in [3.05, 3.63) is 41.7 Å². The Hall–Kier alpha value is -2.24. The first-order chi connectivity index (χ1) is 9.15. The van der Waals surface area contributed by atoms with Crippen LogP contribution in [0.5, 0.6) is 0 Å². The number of H-pyrrole nitrogens is 1. The summed E-state index contributed by atoms with van der Waals surface area (Å²) >= 11 is 0. The average molecular weight is 262 g/mol. The number of nitrogens with zero attached hydrogens (tertiary/aromatic N) is 3. The predicted molar refractivity (Wildman–Crippen MR) is 69.5 cm³/mol. The fraction of sp³-hybridized carbons (Fsp3) is 0.308. The summed E-state index contributed by atoms with van der Waals surface area (Å²) in [7, 11) is 0. The Morgan fingerprint density at radius 1 is 1.32 bits per heavy atom. The molecule has 0 aliphatic rings. The van der Waals surface area contributed by atoms with E-state index in [0.29, 0.717) is 24.5 Å². The van der Waals surface area contributed by atoms with Gasteiger partial charge in [-0.2, -0.15) is 0 Å². The van der Waals surface area contributed by atoms with Crippen molar-refractivity contribution in [1.29, 1.82) is 0 Å². The number of carbonyl (C=O) groups is 1. The molecule has 0 saturated carbocycles. The number of hydrogen-bond acceptors (Lipinski definition) is 3. The number of nitrogens with one attached hydrogen (secondary N) is 1. The van der Waals surface area contributed by atoms with Gasteiger partial charge in [-0.1, -0.05) is 6.92 Å². The van der Waals surface area contributed by atoms with Gasteiger partial charge >= 0.3 is 0 Å². The molecule has 0 aliphatic carbocycles. The molecule has 1 amide bonds. The third kappa shape index (κ3) is 2.78. The van der Waals surface area contributed by atoms with E-state index in [1.807, 2.05) is 13.8 Å². The van der Waals surface area contributed by atoms with Gasteiger partial charge in [0.25, 0.3) is 5.91 Å². The zero-order valence-corrected chi connectivity index (χ0v) is 10.9.